The zero-order valence-electron chi connectivity index (χ0n) is 8.27. The number of isocyanates is 1. The van der Waals surface area contributed by atoms with Gasteiger partial charge in [0.05, 0.1) is 5.02 Å². The molecule has 0 spiro atoms. The predicted molar refractivity (Wildman–Crippen MR) is 55.0 cm³/mol. The van der Waals surface area contributed by atoms with Crippen LogP contribution in [0.4, 0.5) is 8.78 Å². The Kier molecular flexibility index (Phi) is 2.78. The number of nitrogens with zero attached hydrogens (tertiary/aromatic N) is 1. The van der Waals surface area contributed by atoms with Crippen LogP contribution in [-0.2, 0) is 10.3 Å². The van der Waals surface area contributed by atoms with Gasteiger partial charge in [0.1, 0.15) is 17.2 Å². The maximum Gasteiger partial charge on any atom is 0.235 e. The quantitative estimate of drug-likeness (QED) is 0.445. The molecular formula is C11H8ClF2NO. The minimum Gasteiger partial charge on any atom is -0.211 e. The van der Waals surface area contributed by atoms with Gasteiger partial charge in [0.15, 0.2) is 0 Å². The molecule has 1 fully saturated rings. The molecule has 0 amide bonds. The first-order valence-corrected chi connectivity index (χ1v) is 5.21. The van der Waals surface area contributed by atoms with E-state index in [9.17, 15) is 13.6 Å². The molecule has 2 nitrogen and oxygen atoms in total. The summed E-state index contributed by atoms with van der Waals surface area (Å²) in [4.78, 5) is 13.9. The van der Waals surface area contributed by atoms with Crippen molar-refractivity contribution in [2.45, 2.75) is 24.8 Å². The van der Waals surface area contributed by atoms with Gasteiger partial charge in [-0.05, 0) is 31.4 Å². The summed E-state index contributed by atoms with van der Waals surface area (Å²) in [6.45, 7) is 0. The first kappa shape index (κ1) is 11.2. The molecule has 84 valence electrons. The summed E-state index contributed by atoms with van der Waals surface area (Å²) in [7, 11) is 0. The van der Waals surface area contributed by atoms with E-state index in [1.807, 2.05) is 0 Å². The number of rotatable bonds is 2. The second-order valence-electron chi connectivity index (χ2n) is 3.83. The van der Waals surface area contributed by atoms with Crippen LogP contribution in [0, 0.1) is 11.6 Å². The summed E-state index contributed by atoms with van der Waals surface area (Å²) >= 11 is 5.45. The number of carbonyl (C=O) groups excluding carboxylic acids is 1. The molecule has 1 aliphatic carbocycles. The Morgan fingerprint density at radius 1 is 1.31 bits per heavy atom. The highest BCUT2D eigenvalue weighted by Crippen LogP contribution is 2.46. The number of hydrogen-bond donors (Lipinski definition) is 0. The molecule has 0 saturated heterocycles. The molecule has 0 aliphatic heterocycles. The van der Waals surface area contributed by atoms with Gasteiger partial charge in [0, 0.05) is 5.56 Å². The van der Waals surface area contributed by atoms with E-state index in [1.54, 1.807) is 0 Å². The molecule has 0 heterocycles. The third kappa shape index (κ3) is 1.64. The predicted octanol–water partition coefficient (Wildman–Crippen LogP) is 3.33. The van der Waals surface area contributed by atoms with Crippen LogP contribution in [0.25, 0.3) is 0 Å². The lowest BCUT2D eigenvalue weighted by atomic mass is 9.72. The van der Waals surface area contributed by atoms with Crippen molar-refractivity contribution in [1.82, 2.24) is 0 Å². The van der Waals surface area contributed by atoms with Crippen molar-refractivity contribution in [2.24, 2.45) is 4.99 Å². The summed E-state index contributed by atoms with van der Waals surface area (Å²) in [6.07, 6.45) is 3.31. The first-order valence-electron chi connectivity index (χ1n) is 4.83. The molecule has 0 unspecified atom stereocenters. The highest BCUT2D eigenvalue weighted by atomic mass is 35.5. The van der Waals surface area contributed by atoms with Crippen molar-refractivity contribution >= 4 is 17.7 Å². The summed E-state index contributed by atoms with van der Waals surface area (Å²) in [5.74, 6) is -1.34. The van der Waals surface area contributed by atoms with Crippen molar-refractivity contribution in [3.05, 3.63) is 34.4 Å². The van der Waals surface area contributed by atoms with E-state index in [2.05, 4.69) is 4.99 Å². The van der Waals surface area contributed by atoms with E-state index in [0.29, 0.717) is 12.8 Å². The van der Waals surface area contributed by atoms with Crippen LogP contribution in [0.5, 0.6) is 0 Å². The maximum absolute atomic E-state index is 13.6. The molecule has 0 aromatic heterocycles. The maximum atomic E-state index is 13.6. The third-order valence-corrected chi connectivity index (χ3v) is 3.24. The smallest absolute Gasteiger partial charge is 0.211 e. The fourth-order valence-corrected chi connectivity index (χ4v) is 2.07. The minimum absolute atomic E-state index is 0.0870. The molecule has 16 heavy (non-hydrogen) atoms. The standard InChI is InChI=1S/C11H8ClF2NO/c12-8-5-9(13)7(4-10(8)14)11(15-6-16)2-1-3-11/h4-5H,1-3H2. The van der Waals surface area contributed by atoms with E-state index in [-0.39, 0.29) is 10.6 Å². The lowest BCUT2D eigenvalue weighted by Crippen LogP contribution is -2.33. The van der Waals surface area contributed by atoms with Crippen LogP contribution in [0.3, 0.4) is 0 Å². The topological polar surface area (TPSA) is 29.4 Å². The molecule has 1 aliphatic rings. The van der Waals surface area contributed by atoms with Gasteiger partial charge in [0.2, 0.25) is 6.08 Å². The second-order valence-corrected chi connectivity index (χ2v) is 4.24. The van der Waals surface area contributed by atoms with Gasteiger partial charge in [-0.2, -0.15) is 4.99 Å². The van der Waals surface area contributed by atoms with E-state index >= 15 is 0 Å². The van der Waals surface area contributed by atoms with Gasteiger partial charge >= 0.3 is 0 Å². The van der Waals surface area contributed by atoms with Crippen molar-refractivity contribution in [3.63, 3.8) is 0 Å². The molecule has 0 atom stereocenters. The van der Waals surface area contributed by atoms with E-state index < -0.39 is 17.2 Å². The highest BCUT2D eigenvalue weighted by Gasteiger charge is 2.41. The molecule has 0 N–H and O–H groups in total. The minimum atomic E-state index is -0.933. The normalized spacial score (nSPS) is 17.4. The Balaban J connectivity index is 2.54. The second kappa shape index (κ2) is 3.96. The summed E-state index contributed by atoms with van der Waals surface area (Å²) in [5.41, 5.74) is -0.846. The van der Waals surface area contributed by atoms with Crippen LogP contribution in [0.2, 0.25) is 5.02 Å². The van der Waals surface area contributed by atoms with E-state index in [0.717, 1.165) is 18.6 Å². The zero-order valence-corrected chi connectivity index (χ0v) is 9.02. The Bertz CT molecular complexity index is 479. The van der Waals surface area contributed by atoms with Gasteiger partial charge in [-0.1, -0.05) is 11.6 Å². The molecule has 1 aromatic carbocycles. The van der Waals surface area contributed by atoms with Gasteiger partial charge in [-0.15, -0.1) is 0 Å². The Hall–Kier alpha value is -1.25. The van der Waals surface area contributed by atoms with Gasteiger partial charge in [-0.25, -0.2) is 13.6 Å². The molecule has 1 aromatic rings. The number of halogens is 3. The van der Waals surface area contributed by atoms with Crippen LogP contribution < -0.4 is 0 Å². The lowest BCUT2D eigenvalue weighted by Gasteiger charge is -2.37. The molecule has 0 bridgehead atoms. The lowest BCUT2D eigenvalue weighted by molar-refractivity contribution is 0.246. The van der Waals surface area contributed by atoms with Crippen molar-refractivity contribution < 1.29 is 13.6 Å². The number of hydrogen-bond acceptors (Lipinski definition) is 2. The van der Waals surface area contributed by atoms with E-state index in [4.69, 9.17) is 11.6 Å². The van der Waals surface area contributed by atoms with Gasteiger partial charge in [-0.3, -0.25) is 0 Å². The average Bonchev–Trinajstić information content (AvgIpc) is 2.18. The molecule has 2 rings (SSSR count). The van der Waals surface area contributed by atoms with Crippen LogP contribution >= 0.6 is 11.6 Å². The molecule has 5 heteroatoms. The molecule has 0 radical (unpaired) electrons. The Labute approximate surface area is 95.9 Å². The highest BCUT2D eigenvalue weighted by molar-refractivity contribution is 6.30. The van der Waals surface area contributed by atoms with Crippen molar-refractivity contribution in [2.75, 3.05) is 0 Å². The summed E-state index contributed by atoms with van der Waals surface area (Å²) in [5, 5.41) is -0.272. The van der Waals surface area contributed by atoms with E-state index in [1.165, 1.54) is 6.08 Å². The molecular weight excluding hydrogens is 236 g/mol. The number of aliphatic imine (C=N–C) groups is 1. The third-order valence-electron chi connectivity index (χ3n) is 2.95. The summed E-state index contributed by atoms with van der Waals surface area (Å²) < 4.78 is 26.9. The van der Waals surface area contributed by atoms with Crippen LogP contribution in [0.1, 0.15) is 24.8 Å². The van der Waals surface area contributed by atoms with Crippen molar-refractivity contribution in [3.8, 4) is 0 Å². The Morgan fingerprint density at radius 3 is 2.50 bits per heavy atom. The SMILES string of the molecule is O=C=NC1(c2cc(F)c(Cl)cc2F)CCC1. The number of benzene rings is 1. The fraction of sp³-hybridized carbons (Fsp3) is 0.364. The van der Waals surface area contributed by atoms with Crippen LogP contribution in [0.15, 0.2) is 17.1 Å². The zero-order chi connectivity index (χ0) is 11.8. The van der Waals surface area contributed by atoms with Gasteiger partial charge in [0.25, 0.3) is 0 Å². The average molecular weight is 244 g/mol. The Morgan fingerprint density at radius 2 is 2.00 bits per heavy atom. The fourth-order valence-electron chi connectivity index (χ4n) is 1.92. The summed E-state index contributed by atoms with van der Waals surface area (Å²) in [6, 6.07) is 1.92. The molecule has 1 saturated carbocycles. The van der Waals surface area contributed by atoms with Gasteiger partial charge < -0.3 is 0 Å². The first-order chi connectivity index (χ1) is 7.59. The van der Waals surface area contributed by atoms with Crippen LogP contribution in [-0.4, -0.2) is 6.08 Å². The van der Waals surface area contributed by atoms with Crippen molar-refractivity contribution in [1.29, 1.82) is 0 Å². The largest absolute Gasteiger partial charge is 0.235 e. The monoisotopic (exact) mass is 243 g/mol.